The van der Waals surface area contributed by atoms with Gasteiger partial charge in [0.2, 0.25) is 15.9 Å². The maximum atomic E-state index is 11.7. The molecule has 1 amide bonds. The molecule has 24 heavy (non-hydrogen) atoms. The molecule has 6 nitrogen and oxygen atoms in total. The van der Waals surface area contributed by atoms with Gasteiger partial charge in [-0.3, -0.25) is 4.79 Å². The minimum absolute atomic E-state index is 0.0961. The van der Waals surface area contributed by atoms with Gasteiger partial charge in [-0.15, -0.1) is 0 Å². The van der Waals surface area contributed by atoms with Crippen molar-refractivity contribution in [3.05, 3.63) is 29.3 Å². The predicted octanol–water partition coefficient (Wildman–Crippen LogP) is 1.86. The lowest BCUT2D eigenvalue weighted by molar-refractivity contribution is -0.121. The second-order valence-corrected chi connectivity index (χ2v) is 7.79. The number of carbonyl (C=O) groups excluding carboxylic acids is 1. The van der Waals surface area contributed by atoms with Crippen LogP contribution in [-0.2, 0) is 14.8 Å². The Morgan fingerprint density at radius 3 is 2.54 bits per heavy atom. The molecule has 0 spiro atoms. The van der Waals surface area contributed by atoms with Crippen LogP contribution in [0.3, 0.4) is 0 Å². The molecule has 0 radical (unpaired) electrons. The minimum Gasteiger partial charge on any atom is -0.493 e. The van der Waals surface area contributed by atoms with Crippen molar-refractivity contribution >= 4 is 15.9 Å². The Balaban J connectivity index is 2.21. The zero-order chi connectivity index (χ0) is 18.2. The second-order valence-electron chi connectivity index (χ2n) is 5.80. The molecule has 0 saturated carbocycles. The van der Waals surface area contributed by atoms with E-state index in [1.165, 1.54) is 16.1 Å². The zero-order valence-corrected chi connectivity index (χ0v) is 15.8. The van der Waals surface area contributed by atoms with Gasteiger partial charge < -0.3 is 10.1 Å². The van der Waals surface area contributed by atoms with Crippen molar-refractivity contribution in [3.8, 4) is 5.75 Å². The molecule has 0 aliphatic rings. The molecular formula is C17H28N2O4S. The first-order valence-corrected chi connectivity index (χ1v) is 10.0. The average Bonchev–Trinajstić information content (AvgIpc) is 2.49. The van der Waals surface area contributed by atoms with Crippen LogP contribution < -0.4 is 10.1 Å². The van der Waals surface area contributed by atoms with Gasteiger partial charge in [-0.25, -0.2) is 12.7 Å². The highest BCUT2D eigenvalue weighted by atomic mass is 32.2. The number of nitrogens with zero attached hydrogens (tertiary/aromatic N) is 1. The summed E-state index contributed by atoms with van der Waals surface area (Å²) in [6.07, 6.45) is 2.06. The number of sulfonamides is 1. The van der Waals surface area contributed by atoms with Crippen LogP contribution in [0.5, 0.6) is 5.75 Å². The number of rotatable bonds is 10. The summed E-state index contributed by atoms with van der Waals surface area (Å²) in [6, 6.07) is 5.84. The van der Waals surface area contributed by atoms with Crippen LogP contribution in [-0.4, -0.2) is 51.1 Å². The molecule has 0 bridgehead atoms. The van der Waals surface area contributed by atoms with Crippen LogP contribution in [0.25, 0.3) is 0 Å². The monoisotopic (exact) mass is 356 g/mol. The summed E-state index contributed by atoms with van der Waals surface area (Å²) in [5.41, 5.74) is 2.36. The van der Waals surface area contributed by atoms with Gasteiger partial charge in [0.25, 0.3) is 0 Å². The van der Waals surface area contributed by atoms with E-state index < -0.39 is 10.0 Å². The summed E-state index contributed by atoms with van der Waals surface area (Å²) < 4.78 is 29.8. The smallest absolute Gasteiger partial charge is 0.223 e. The highest BCUT2D eigenvalue weighted by Gasteiger charge is 2.13. The number of hydrogen-bond acceptors (Lipinski definition) is 4. The van der Waals surface area contributed by atoms with Gasteiger partial charge in [0.1, 0.15) is 5.75 Å². The van der Waals surface area contributed by atoms with Crippen LogP contribution in [0.1, 0.15) is 30.9 Å². The van der Waals surface area contributed by atoms with Crippen LogP contribution in [0.4, 0.5) is 0 Å². The van der Waals surface area contributed by atoms with Gasteiger partial charge in [-0.05, 0) is 43.5 Å². The molecule has 0 aromatic heterocycles. The van der Waals surface area contributed by atoms with Crippen LogP contribution in [0.15, 0.2) is 18.2 Å². The Morgan fingerprint density at radius 1 is 1.25 bits per heavy atom. The molecule has 0 fully saturated rings. The van der Waals surface area contributed by atoms with Gasteiger partial charge in [-0.1, -0.05) is 13.0 Å². The molecule has 0 aliphatic heterocycles. The first kappa shape index (κ1) is 20.4. The lowest BCUT2D eigenvalue weighted by Gasteiger charge is -2.17. The standard InChI is InChI=1S/C17H28N2O4S/c1-5-19(24(4,21)22)11-6-10-18-17(20)9-12-23-16-8-7-14(2)15(3)13-16/h7-8,13H,5-6,9-12H2,1-4H3,(H,18,20). The molecule has 0 aliphatic carbocycles. The number of nitrogens with one attached hydrogen (secondary N) is 1. The van der Waals surface area contributed by atoms with Crippen LogP contribution >= 0.6 is 0 Å². The van der Waals surface area contributed by atoms with Crippen molar-refractivity contribution in [2.45, 2.75) is 33.6 Å². The maximum Gasteiger partial charge on any atom is 0.223 e. The molecule has 0 atom stereocenters. The summed E-state index contributed by atoms with van der Waals surface area (Å²) in [5.74, 6) is 0.666. The van der Waals surface area contributed by atoms with Gasteiger partial charge in [0.15, 0.2) is 0 Å². The molecule has 1 aromatic carbocycles. The van der Waals surface area contributed by atoms with E-state index in [4.69, 9.17) is 4.74 Å². The van der Waals surface area contributed by atoms with Gasteiger partial charge in [-0.2, -0.15) is 0 Å². The van der Waals surface area contributed by atoms with Crippen molar-refractivity contribution in [3.63, 3.8) is 0 Å². The molecule has 1 N–H and O–H groups in total. The molecule has 1 aromatic rings. The number of aryl methyl sites for hydroxylation is 2. The zero-order valence-electron chi connectivity index (χ0n) is 15.0. The largest absolute Gasteiger partial charge is 0.493 e. The molecule has 0 heterocycles. The van der Waals surface area contributed by atoms with E-state index in [-0.39, 0.29) is 12.3 Å². The lowest BCUT2D eigenvalue weighted by atomic mass is 10.1. The van der Waals surface area contributed by atoms with Crippen LogP contribution in [0, 0.1) is 13.8 Å². The van der Waals surface area contributed by atoms with E-state index in [0.29, 0.717) is 32.7 Å². The van der Waals surface area contributed by atoms with E-state index in [2.05, 4.69) is 5.32 Å². The molecule has 1 rings (SSSR count). The van der Waals surface area contributed by atoms with E-state index in [1.807, 2.05) is 32.0 Å². The first-order valence-electron chi connectivity index (χ1n) is 8.16. The molecule has 0 saturated heterocycles. The topological polar surface area (TPSA) is 75.7 Å². The Hall–Kier alpha value is -1.60. The Bertz CT molecular complexity index is 644. The first-order chi connectivity index (χ1) is 11.2. The second kappa shape index (κ2) is 9.64. The Kier molecular flexibility index (Phi) is 8.21. The number of ether oxygens (including phenoxy) is 1. The maximum absolute atomic E-state index is 11.7. The number of carbonyl (C=O) groups is 1. The Morgan fingerprint density at radius 2 is 1.96 bits per heavy atom. The lowest BCUT2D eigenvalue weighted by Crippen LogP contribution is -2.33. The third-order valence-electron chi connectivity index (χ3n) is 3.80. The third-order valence-corrected chi connectivity index (χ3v) is 5.18. The van der Waals surface area contributed by atoms with E-state index in [9.17, 15) is 13.2 Å². The van der Waals surface area contributed by atoms with Crippen LogP contribution in [0.2, 0.25) is 0 Å². The van der Waals surface area contributed by atoms with Crippen molar-refractivity contribution in [1.82, 2.24) is 9.62 Å². The fraction of sp³-hybridized carbons (Fsp3) is 0.588. The summed E-state index contributed by atoms with van der Waals surface area (Å²) in [4.78, 5) is 11.7. The van der Waals surface area contributed by atoms with Crippen molar-refractivity contribution < 1.29 is 17.9 Å². The van der Waals surface area contributed by atoms with E-state index >= 15 is 0 Å². The van der Waals surface area contributed by atoms with Crippen molar-refractivity contribution in [1.29, 1.82) is 0 Å². The number of amides is 1. The summed E-state index contributed by atoms with van der Waals surface area (Å²) >= 11 is 0. The highest BCUT2D eigenvalue weighted by molar-refractivity contribution is 7.88. The van der Waals surface area contributed by atoms with Crippen molar-refractivity contribution in [2.24, 2.45) is 0 Å². The number of hydrogen-bond donors (Lipinski definition) is 1. The highest BCUT2D eigenvalue weighted by Crippen LogP contribution is 2.16. The summed E-state index contributed by atoms with van der Waals surface area (Å²) in [5, 5.41) is 2.78. The molecule has 0 unspecified atom stereocenters. The third kappa shape index (κ3) is 7.31. The quantitative estimate of drug-likeness (QED) is 0.649. The van der Waals surface area contributed by atoms with Gasteiger partial charge in [0, 0.05) is 19.6 Å². The fourth-order valence-electron chi connectivity index (χ4n) is 2.20. The molecule has 7 heteroatoms. The van der Waals surface area contributed by atoms with Crippen molar-refractivity contribution in [2.75, 3.05) is 32.5 Å². The molecule has 136 valence electrons. The average molecular weight is 356 g/mol. The SMILES string of the molecule is CCN(CCCNC(=O)CCOc1ccc(C)c(C)c1)S(C)(=O)=O. The number of benzene rings is 1. The van der Waals surface area contributed by atoms with E-state index in [1.54, 1.807) is 6.92 Å². The normalized spacial score (nSPS) is 11.5. The van der Waals surface area contributed by atoms with Gasteiger partial charge in [0.05, 0.1) is 19.3 Å². The predicted molar refractivity (Wildman–Crippen MR) is 95.7 cm³/mol. The molecular weight excluding hydrogens is 328 g/mol. The van der Waals surface area contributed by atoms with Gasteiger partial charge >= 0.3 is 0 Å². The minimum atomic E-state index is -3.17. The summed E-state index contributed by atoms with van der Waals surface area (Å²) in [7, 11) is -3.17. The summed E-state index contributed by atoms with van der Waals surface area (Å²) in [6.45, 7) is 7.48. The van der Waals surface area contributed by atoms with E-state index in [0.717, 1.165) is 11.3 Å². The Labute approximate surface area is 145 Å². The fourth-order valence-corrected chi connectivity index (χ4v) is 3.13.